The summed E-state index contributed by atoms with van der Waals surface area (Å²) in [6.07, 6.45) is 9.72. The Bertz CT molecular complexity index is 1120. The number of rotatable bonds is 2. The third-order valence-corrected chi connectivity index (χ3v) is 5.43. The van der Waals surface area contributed by atoms with E-state index in [0.717, 1.165) is 30.5 Å². The molecule has 0 amide bonds. The number of anilines is 1. The quantitative estimate of drug-likeness (QED) is 0.705. The Balaban J connectivity index is 1.59. The summed E-state index contributed by atoms with van der Waals surface area (Å²) in [6, 6.07) is 8.22. The molecule has 1 aliphatic heterocycles. The summed E-state index contributed by atoms with van der Waals surface area (Å²) in [5.74, 6) is 0.309. The van der Waals surface area contributed by atoms with Gasteiger partial charge in [0, 0.05) is 42.8 Å². The molecule has 0 saturated heterocycles. The van der Waals surface area contributed by atoms with Crippen molar-refractivity contribution in [1.82, 2.24) is 19.7 Å². The van der Waals surface area contributed by atoms with Crippen LogP contribution in [0.3, 0.4) is 0 Å². The van der Waals surface area contributed by atoms with Crippen molar-refractivity contribution in [2.75, 3.05) is 18.5 Å². The summed E-state index contributed by atoms with van der Waals surface area (Å²) >= 11 is 0. The Labute approximate surface area is 156 Å². The minimum Gasteiger partial charge on any atom is -0.374 e. The van der Waals surface area contributed by atoms with Crippen molar-refractivity contribution in [3.8, 4) is 5.95 Å². The highest BCUT2D eigenvalue weighted by molar-refractivity contribution is 5.87. The number of likely N-dealkylation sites (N-methyl/N-ethyl adjacent to an activating group) is 1. The maximum atomic E-state index is 12.9. The van der Waals surface area contributed by atoms with E-state index in [1.165, 1.54) is 27.1 Å². The molecule has 3 aromatic rings. The van der Waals surface area contributed by atoms with Crippen molar-refractivity contribution in [3.05, 3.63) is 75.5 Å². The van der Waals surface area contributed by atoms with Crippen LogP contribution in [0, 0.1) is 0 Å². The lowest BCUT2D eigenvalue weighted by molar-refractivity contribution is 0.730. The van der Waals surface area contributed by atoms with Crippen LogP contribution >= 0.6 is 0 Å². The molecule has 0 fully saturated rings. The molecule has 5 rings (SSSR count). The molecular formula is C21H19N5O. The Kier molecular flexibility index (Phi) is 3.63. The maximum Gasteiger partial charge on any atom is 0.278 e. The zero-order chi connectivity index (χ0) is 18.4. The van der Waals surface area contributed by atoms with E-state index in [0.29, 0.717) is 12.4 Å². The Hall–Kier alpha value is -3.28. The van der Waals surface area contributed by atoms with Crippen LogP contribution in [0.25, 0.3) is 17.6 Å². The predicted molar refractivity (Wildman–Crippen MR) is 105 cm³/mol. The number of nitrogens with zero attached hydrogens (tertiary/aromatic N) is 5. The van der Waals surface area contributed by atoms with Crippen LogP contribution in [0.15, 0.2) is 47.7 Å². The lowest BCUT2D eigenvalue weighted by atomic mass is 9.87. The van der Waals surface area contributed by atoms with Gasteiger partial charge in [-0.1, -0.05) is 12.1 Å². The Morgan fingerprint density at radius 2 is 1.85 bits per heavy atom. The molecule has 27 heavy (non-hydrogen) atoms. The largest absolute Gasteiger partial charge is 0.374 e. The predicted octanol–water partition coefficient (Wildman–Crippen LogP) is 2.50. The molecule has 0 N–H and O–H groups in total. The first-order valence-electron chi connectivity index (χ1n) is 9.15. The van der Waals surface area contributed by atoms with Crippen molar-refractivity contribution in [3.63, 3.8) is 0 Å². The first-order chi connectivity index (χ1) is 13.2. The van der Waals surface area contributed by atoms with E-state index < -0.39 is 0 Å². The van der Waals surface area contributed by atoms with Gasteiger partial charge in [-0.05, 0) is 54.2 Å². The van der Waals surface area contributed by atoms with Crippen molar-refractivity contribution in [2.24, 2.45) is 0 Å². The molecule has 0 atom stereocenters. The van der Waals surface area contributed by atoms with Crippen LogP contribution in [-0.4, -0.2) is 33.3 Å². The zero-order valence-corrected chi connectivity index (χ0v) is 15.1. The van der Waals surface area contributed by atoms with Crippen LogP contribution in [0.4, 0.5) is 5.69 Å². The average molecular weight is 357 g/mol. The van der Waals surface area contributed by atoms with E-state index in [1.54, 1.807) is 24.7 Å². The molecule has 0 spiro atoms. The van der Waals surface area contributed by atoms with Crippen molar-refractivity contribution < 1.29 is 0 Å². The third-order valence-electron chi connectivity index (χ3n) is 5.43. The lowest BCUT2D eigenvalue weighted by Gasteiger charge is -2.19. The van der Waals surface area contributed by atoms with Gasteiger partial charge in [-0.2, -0.15) is 9.78 Å². The second kappa shape index (κ2) is 6.16. The van der Waals surface area contributed by atoms with Gasteiger partial charge in [0.2, 0.25) is 0 Å². The Morgan fingerprint density at radius 1 is 1.00 bits per heavy atom. The van der Waals surface area contributed by atoms with Crippen molar-refractivity contribution in [1.29, 1.82) is 0 Å². The van der Waals surface area contributed by atoms with Gasteiger partial charge in [0.1, 0.15) is 0 Å². The fourth-order valence-electron chi connectivity index (χ4n) is 4.05. The number of aromatic nitrogens is 4. The molecular weight excluding hydrogens is 338 g/mol. The van der Waals surface area contributed by atoms with Crippen LogP contribution in [-0.2, 0) is 12.8 Å². The van der Waals surface area contributed by atoms with E-state index >= 15 is 0 Å². The molecule has 0 bridgehead atoms. The van der Waals surface area contributed by atoms with Gasteiger partial charge in [-0.15, -0.1) is 0 Å². The molecule has 6 heteroatoms. The zero-order valence-electron chi connectivity index (χ0n) is 15.1. The van der Waals surface area contributed by atoms with Crippen molar-refractivity contribution >= 4 is 17.3 Å². The number of fused-ring (bicyclic) bond motifs is 2. The minimum absolute atomic E-state index is 0.132. The minimum atomic E-state index is -0.132. The number of benzene rings is 1. The number of allylic oxidation sites excluding steroid dienone is 1. The monoisotopic (exact) mass is 357 g/mol. The van der Waals surface area contributed by atoms with Gasteiger partial charge < -0.3 is 4.90 Å². The van der Waals surface area contributed by atoms with Crippen LogP contribution in [0.2, 0.25) is 0 Å². The van der Waals surface area contributed by atoms with E-state index in [4.69, 9.17) is 0 Å². The first-order valence-corrected chi connectivity index (χ1v) is 9.15. The van der Waals surface area contributed by atoms with Gasteiger partial charge >= 0.3 is 0 Å². The van der Waals surface area contributed by atoms with E-state index in [2.05, 4.69) is 51.3 Å². The Morgan fingerprint density at radius 3 is 2.70 bits per heavy atom. The van der Waals surface area contributed by atoms with Gasteiger partial charge in [0.05, 0.1) is 6.20 Å². The van der Waals surface area contributed by atoms with E-state index in [1.807, 2.05) is 0 Å². The first kappa shape index (κ1) is 15.9. The van der Waals surface area contributed by atoms with Crippen LogP contribution < -0.4 is 10.5 Å². The standard InChI is InChI=1S/C21H19N5O/c1-25-11-8-18-16(4-2-5-19(18)25)14-6-7-17-15(12-14)13-24-26(20(17)27)21-22-9-3-10-23-21/h2-5,9-10,12-13H,6-8,11H2,1H3. The van der Waals surface area contributed by atoms with E-state index in [9.17, 15) is 4.79 Å². The fourth-order valence-corrected chi connectivity index (χ4v) is 4.05. The highest BCUT2D eigenvalue weighted by Gasteiger charge is 2.23. The number of hydrogen-bond donors (Lipinski definition) is 0. The van der Waals surface area contributed by atoms with E-state index in [-0.39, 0.29) is 5.56 Å². The second-order valence-electron chi connectivity index (χ2n) is 6.99. The average Bonchev–Trinajstić information content (AvgIpc) is 3.10. The normalized spacial score (nSPS) is 15.3. The van der Waals surface area contributed by atoms with Gasteiger partial charge in [0.25, 0.3) is 11.5 Å². The second-order valence-corrected chi connectivity index (χ2v) is 6.99. The molecule has 6 nitrogen and oxygen atoms in total. The van der Waals surface area contributed by atoms with Gasteiger partial charge in [-0.3, -0.25) is 4.79 Å². The SMILES string of the molecule is CN1CCc2c(C3=Cc4cnn(-c5ncccn5)c(=O)c4CC3)cccc21. The summed E-state index contributed by atoms with van der Waals surface area (Å²) < 4.78 is 1.28. The smallest absolute Gasteiger partial charge is 0.278 e. The summed E-state index contributed by atoms with van der Waals surface area (Å²) in [5.41, 5.74) is 6.86. The lowest BCUT2D eigenvalue weighted by Crippen LogP contribution is -2.28. The molecule has 134 valence electrons. The molecule has 1 aromatic carbocycles. The van der Waals surface area contributed by atoms with Crippen LogP contribution in [0.1, 0.15) is 28.7 Å². The fraction of sp³-hybridized carbons (Fsp3) is 0.238. The highest BCUT2D eigenvalue weighted by Crippen LogP contribution is 2.37. The molecule has 3 heterocycles. The summed E-state index contributed by atoms with van der Waals surface area (Å²) in [5, 5.41) is 4.30. The molecule has 0 unspecified atom stereocenters. The summed E-state index contributed by atoms with van der Waals surface area (Å²) in [6.45, 7) is 1.06. The molecule has 0 saturated carbocycles. The topological polar surface area (TPSA) is 63.9 Å². The highest BCUT2D eigenvalue weighted by atomic mass is 16.1. The van der Waals surface area contributed by atoms with Crippen molar-refractivity contribution in [2.45, 2.75) is 19.3 Å². The maximum absolute atomic E-state index is 12.9. The summed E-state index contributed by atoms with van der Waals surface area (Å²) in [7, 11) is 2.14. The molecule has 1 aliphatic carbocycles. The van der Waals surface area contributed by atoms with Gasteiger partial charge in [-0.25, -0.2) is 9.97 Å². The van der Waals surface area contributed by atoms with Crippen LogP contribution in [0.5, 0.6) is 0 Å². The van der Waals surface area contributed by atoms with Gasteiger partial charge in [0.15, 0.2) is 0 Å². The summed E-state index contributed by atoms with van der Waals surface area (Å²) in [4.78, 5) is 23.4. The molecule has 0 radical (unpaired) electrons. The molecule has 2 aromatic heterocycles. The number of hydrogen-bond acceptors (Lipinski definition) is 5. The third kappa shape index (κ3) is 2.56. The molecule has 2 aliphatic rings.